The Morgan fingerprint density at radius 3 is 2.55 bits per heavy atom. The number of nitrogens with two attached hydrogens (primary N) is 1. The van der Waals surface area contributed by atoms with Crippen LogP contribution >= 0.6 is 35.6 Å². The van der Waals surface area contributed by atoms with Gasteiger partial charge in [-0.15, -0.1) is 12.4 Å². The Balaban J connectivity index is 0.00000361. The van der Waals surface area contributed by atoms with Crippen molar-refractivity contribution in [2.75, 3.05) is 6.61 Å². The van der Waals surface area contributed by atoms with Gasteiger partial charge in [-0.1, -0.05) is 23.2 Å². The number of hydrogen-bond acceptors (Lipinski definition) is 4. The predicted octanol–water partition coefficient (Wildman–Crippen LogP) is 3.32. The lowest BCUT2D eigenvalue weighted by molar-refractivity contribution is -0.174. The second-order valence-electron chi connectivity index (χ2n) is 3.65. The minimum absolute atomic E-state index is 0. The third-order valence-electron chi connectivity index (χ3n) is 2.33. The Morgan fingerprint density at radius 2 is 2.05 bits per heavy atom. The smallest absolute Gasteiger partial charge is 0.379 e. The molecule has 1 atom stereocenters. The number of esters is 1. The Hall–Kier alpha value is -0.820. The van der Waals surface area contributed by atoms with Crippen molar-refractivity contribution in [1.29, 1.82) is 0 Å². The highest BCUT2D eigenvalue weighted by Crippen LogP contribution is 2.40. The van der Waals surface area contributed by atoms with Gasteiger partial charge in [0.1, 0.15) is 11.8 Å². The number of alkyl halides is 2. The molecule has 1 aromatic rings. The van der Waals surface area contributed by atoms with E-state index in [4.69, 9.17) is 28.9 Å². The Bertz CT molecular complexity index is 500. The van der Waals surface area contributed by atoms with Gasteiger partial charge in [-0.2, -0.15) is 8.78 Å². The normalized spacial score (nSPS) is 12.5. The summed E-state index contributed by atoms with van der Waals surface area (Å²) in [4.78, 5) is 11.2. The van der Waals surface area contributed by atoms with Crippen LogP contribution in [0.1, 0.15) is 18.5 Å². The minimum Gasteiger partial charge on any atom is -0.506 e. The molecule has 0 saturated carbocycles. The maximum atomic E-state index is 13.7. The fourth-order valence-electron chi connectivity index (χ4n) is 1.37. The summed E-state index contributed by atoms with van der Waals surface area (Å²) in [6, 6.07) is 0.0559. The van der Waals surface area contributed by atoms with E-state index in [-0.39, 0.29) is 29.1 Å². The zero-order valence-corrected chi connectivity index (χ0v) is 12.5. The SMILES string of the molecule is CCOC(=O)C(F)(F)[C@H](N)c1cc(Cl)cc(Cl)c1O.Cl. The highest BCUT2D eigenvalue weighted by molar-refractivity contribution is 6.35. The van der Waals surface area contributed by atoms with Crippen molar-refractivity contribution in [3.63, 3.8) is 0 Å². The number of phenolic OH excluding ortho intramolecular Hbond substituents is 1. The van der Waals surface area contributed by atoms with Crippen molar-refractivity contribution in [2.24, 2.45) is 5.73 Å². The third kappa shape index (κ3) is 3.85. The summed E-state index contributed by atoms with van der Waals surface area (Å²) in [6.07, 6.45) is 0. The predicted molar refractivity (Wildman–Crippen MR) is 73.9 cm³/mol. The number of benzene rings is 1. The quantitative estimate of drug-likeness (QED) is 0.817. The van der Waals surface area contributed by atoms with Gasteiger partial charge in [0, 0.05) is 10.6 Å². The third-order valence-corrected chi connectivity index (χ3v) is 2.84. The van der Waals surface area contributed by atoms with Crippen LogP contribution in [0.2, 0.25) is 10.0 Å². The molecule has 20 heavy (non-hydrogen) atoms. The molecule has 0 radical (unpaired) electrons. The number of carbonyl (C=O) groups excluding carboxylic acids is 1. The molecule has 0 aliphatic heterocycles. The number of ether oxygens (including phenoxy) is 1. The molecule has 0 amide bonds. The van der Waals surface area contributed by atoms with E-state index in [1.165, 1.54) is 6.92 Å². The topological polar surface area (TPSA) is 72.5 Å². The molecule has 3 N–H and O–H groups in total. The molecule has 0 unspecified atom stereocenters. The van der Waals surface area contributed by atoms with Gasteiger partial charge in [0.15, 0.2) is 0 Å². The zero-order chi connectivity index (χ0) is 14.8. The largest absolute Gasteiger partial charge is 0.506 e. The maximum Gasteiger partial charge on any atom is 0.379 e. The summed E-state index contributed by atoms with van der Waals surface area (Å²) in [5.41, 5.74) is 4.88. The van der Waals surface area contributed by atoms with Gasteiger partial charge in [-0.25, -0.2) is 4.79 Å². The summed E-state index contributed by atoms with van der Waals surface area (Å²) in [6.45, 7) is 1.16. The first-order chi connectivity index (χ1) is 8.71. The standard InChI is InChI=1S/C11H11Cl2F2NO3.ClH/c1-2-19-10(18)11(14,15)9(16)6-3-5(12)4-7(13)8(6)17;/h3-4,9,17H,2,16H2,1H3;1H/t9-;/m1./s1. The average Bonchev–Trinajstić information content (AvgIpc) is 2.33. The molecule has 0 aliphatic rings. The van der Waals surface area contributed by atoms with E-state index in [0.717, 1.165) is 12.1 Å². The van der Waals surface area contributed by atoms with E-state index in [1.807, 2.05) is 0 Å². The first-order valence-corrected chi connectivity index (χ1v) is 5.95. The molecule has 0 aromatic heterocycles. The molecule has 0 heterocycles. The molecule has 4 nitrogen and oxygen atoms in total. The summed E-state index contributed by atoms with van der Waals surface area (Å²) in [7, 11) is 0. The lowest BCUT2D eigenvalue weighted by atomic mass is 10.0. The first kappa shape index (κ1) is 19.2. The van der Waals surface area contributed by atoms with Gasteiger partial charge in [0.2, 0.25) is 0 Å². The van der Waals surface area contributed by atoms with E-state index < -0.39 is 29.2 Å². The van der Waals surface area contributed by atoms with Crippen molar-refractivity contribution in [2.45, 2.75) is 18.9 Å². The van der Waals surface area contributed by atoms with Crippen molar-refractivity contribution >= 4 is 41.6 Å². The Kier molecular flexibility index (Phi) is 6.97. The fraction of sp³-hybridized carbons (Fsp3) is 0.364. The van der Waals surface area contributed by atoms with E-state index in [9.17, 15) is 18.7 Å². The average molecular weight is 351 g/mol. The van der Waals surface area contributed by atoms with Crippen molar-refractivity contribution in [3.05, 3.63) is 27.7 Å². The molecular formula is C11H12Cl3F2NO3. The van der Waals surface area contributed by atoms with Crippen molar-refractivity contribution in [3.8, 4) is 5.75 Å². The number of carbonyl (C=O) groups is 1. The summed E-state index contributed by atoms with van der Waals surface area (Å²) >= 11 is 11.2. The molecule has 1 aromatic carbocycles. The second-order valence-corrected chi connectivity index (χ2v) is 4.49. The van der Waals surface area contributed by atoms with E-state index in [2.05, 4.69) is 4.74 Å². The number of halogens is 5. The van der Waals surface area contributed by atoms with Gasteiger partial charge in [-0.05, 0) is 19.1 Å². The Morgan fingerprint density at radius 1 is 1.50 bits per heavy atom. The lowest BCUT2D eigenvalue weighted by Crippen LogP contribution is -2.41. The first-order valence-electron chi connectivity index (χ1n) is 5.20. The number of rotatable bonds is 4. The van der Waals surface area contributed by atoms with E-state index >= 15 is 0 Å². The molecule has 0 aliphatic carbocycles. The highest BCUT2D eigenvalue weighted by Gasteiger charge is 2.48. The van der Waals surface area contributed by atoms with Crippen LogP contribution < -0.4 is 5.73 Å². The zero-order valence-electron chi connectivity index (χ0n) is 10.2. The minimum atomic E-state index is -4.01. The van der Waals surface area contributed by atoms with Gasteiger partial charge in [0.25, 0.3) is 0 Å². The van der Waals surface area contributed by atoms with Crippen LogP contribution in [-0.2, 0) is 9.53 Å². The van der Waals surface area contributed by atoms with Crippen LogP contribution in [0, 0.1) is 0 Å². The molecule has 0 bridgehead atoms. The van der Waals surface area contributed by atoms with Crippen LogP contribution in [0.25, 0.3) is 0 Å². The summed E-state index contributed by atoms with van der Waals surface area (Å²) < 4.78 is 31.7. The number of hydrogen-bond donors (Lipinski definition) is 2. The van der Waals surface area contributed by atoms with Crippen LogP contribution in [0.15, 0.2) is 12.1 Å². The summed E-state index contributed by atoms with van der Waals surface area (Å²) in [5, 5.41) is 9.38. The summed E-state index contributed by atoms with van der Waals surface area (Å²) in [5.74, 6) is -6.44. The van der Waals surface area contributed by atoms with Gasteiger partial charge < -0.3 is 15.6 Å². The molecule has 9 heteroatoms. The number of phenols is 1. The van der Waals surface area contributed by atoms with Gasteiger partial charge >= 0.3 is 11.9 Å². The van der Waals surface area contributed by atoms with Crippen molar-refractivity contribution < 1.29 is 23.4 Å². The van der Waals surface area contributed by atoms with Gasteiger partial charge in [-0.3, -0.25) is 0 Å². The van der Waals surface area contributed by atoms with Gasteiger partial charge in [0.05, 0.1) is 11.6 Å². The van der Waals surface area contributed by atoms with E-state index in [1.54, 1.807) is 0 Å². The van der Waals surface area contributed by atoms with E-state index in [0.29, 0.717) is 0 Å². The van der Waals surface area contributed by atoms with Crippen LogP contribution in [0.4, 0.5) is 8.78 Å². The molecule has 0 fully saturated rings. The van der Waals surface area contributed by atoms with Crippen molar-refractivity contribution in [1.82, 2.24) is 0 Å². The molecule has 1 rings (SSSR count). The number of aromatic hydroxyl groups is 1. The van der Waals surface area contributed by atoms with Crippen LogP contribution in [0.5, 0.6) is 5.75 Å². The molecule has 0 saturated heterocycles. The molecular weight excluding hydrogens is 338 g/mol. The van der Waals surface area contributed by atoms with Crippen LogP contribution in [-0.4, -0.2) is 23.6 Å². The fourth-order valence-corrected chi connectivity index (χ4v) is 1.88. The van der Waals surface area contributed by atoms with Crippen LogP contribution in [0.3, 0.4) is 0 Å². The monoisotopic (exact) mass is 349 g/mol. The lowest BCUT2D eigenvalue weighted by Gasteiger charge is -2.23. The highest BCUT2D eigenvalue weighted by atomic mass is 35.5. The molecule has 114 valence electrons. The second kappa shape index (κ2) is 7.26. The Labute approximate surface area is 130 Å². The maximum absolute atomic E-state index is 13.7. The molecule has 0 spiro atoms.